The van der Waals surface area contributed by atoms with E-state index in [1.807, 2.05) is 19.9 Å². The Kier molecular flexibility index (Phi) is 9.31. The summed E-state index contributed by atoms with van der Waals surface area (Å²) in [5.41, 5.74) is 1.98. The smallest absolute Gasteiger partial charge is 0.323 e. The van der Waals surface area contributed by atoms with Crippen LogP contribution in [-0.2, 0) is 10.0 Å². The van der Waals surface area contributed by atoms with Crippen LogP contribution in [0.3, 0.4) is 0 Å². The molecular weight excluding hydrogens is 544 g/mol. The van der Waals surface area contributed by atoms with Crippen LogP contribution in [0.25, 0.3) is 0 Å². The first-order valence-electron chi connectivity index (χ1n) is 13.4. The van der Waals surface area contributed by atoms with Gasteiger partial charge in [-0.25, -0.2) is 13.2 Å². The average molecular weight is 581 g/mol. The van der Waals surface area contributed by atoms with Crippen LogP contribution in [0.5, 0.6) is 5.75 Å². The Hall–Kier alpha value is -3.93. The number of carbonyl (C=O) groups is 2. The van der Waals surface area contributed by atoms with Crippen molar-refractivity contribution in [3.8, 4) is 5.75 Å². The molecule has 0 spiro atoms. The van der Waals surface area contributed by atoms with Gasteiger partial charge in [-0.05, 0) is 50.2 Å². The van der Waals surface area contributed by atoms with E-state index in [9.17, 15) is 23.1 Å². The summed E-state index contributed by atoms with van der Waals surface area (Å²) in [6, 6.07) is 19.3. The molecule has 1 aliphatic rings. The second-order valence-corrected chi connectivity index (χ2v) is 12.4. The van der Waals surface area contributed by atoms with Gasteiger partial charge in [0.05, 0.1) is 35.3 Å². The zero-order chi connectivity index (χ0) is 29.7. The number of amides is 3. The molecule has 3 aromatic rings. The van der Waals surface area contributed by atoms with E-state index in [-0.39, 0.29) is 53.4 Å². The van der Waals surface area contributed by atoms with Crippen LogP contribution in [0, 0.1) is 12.8 Å². The number of sulfonamides is 1. The van der Waals surface area contributed by atoms with Crippen LogP contribution >= 0.6 is 0 Å². The van der Waals surface area contributed by atoms with Crippen molar-refractivity contribution in [1.29, 1.82) is 0 Å². The number of benzene rings is 3. The predicted octanol–water partition coefficient (Wildman–Crippen LogP) is 4.18. The number of hydrogen-bond acceptors (Lipinski definition) is 6. The number of nitrogens with one attached hydrogen (secondary N) is 2. The third kappa shape index (κ3) is 6.87. The van der Waals surface area contributed by atoms with Crippen molar-refractivity contribution in [1.82, 2.24) is 9.21 Å². The topological polar surface area (TPSA) is 128 Å². The number of anilines is 2. The second kappa shape index (κ2) is 12.7. The minimum Gasteiger partial charge on any atom is -0.486 e. The Bertz CT molecular complexity index is 1480. The summed E-state index contributed by atoms with van der Waals surface area (Å²) in [7, 11) is -2.35. The molecule has 3 N–H and O–H groups in total. The van der Waals surface area contributed by atoms with Gasteiger partial charge in [-0.1, -0.05) is 48.9 Å². The molecule has 0 bridgehead atoms. The Morgan fingerprint density at radius 3 is 2.41 bits per heavy atom. The molecule has 3 amide bonds. The molecule has 0 radical (unpaired) electrons. The minimum atomic E-state index is -3.83. The van der Waals surface area contributed by atoms with Gasteiger partial charge in [-0.15, -0.1) is 0 Å². The Morgan fingerprint density at radius 1 is 1.07 bits per heavy atom. The summed E-state index contributed by atoms with van der Waals surface area (Å²) in [5.74, 6) is -0.559. The summed E-state index contributed by atoms with van der Waals surface area (Å²) >= 11 is 0. The fourth-order valence-corrected chi connectivity index (χ4v) is 5.79. The summed E-state index contributed by atoms with van der Waals surface area (Å²) in [4.78, 5) is 28.2. The van der Waals surface area contributed by atoms with Crippen LogP contribution in [0.2, 0.25) is 0 Å². The number of rotatable bonds is 8. The van der Waals surface area contributed by atoms with Crippen molar-refractivity contribution in [3.05, 3.63) is 83.9 Å². The van der Waals surface area contributed by atoms with Crippen LogP contribution in [0.15, 0.2) is 77.7 Å². The maximum absolute atomic E-state index is 13.7. The largest absolute Gasteiger partial charge is 0.486 e. The number of likely N-dealkylation sites (N-methyl/N-ethyl adjacent to an activating group) is 1. The fraction of sp³-hybridized carbons (Fsp3) is 0.333. The van der Waals surface area contributed by atoms with Gasteiger partial charge in [-0.3, -0.25) is 4.79 Å². The van der Waals surface area contributed by atoms with Crippen LogP contribution in [0.4, 0.5) is 16.2 Å². The molecule has 0 saturated heterocycles. The minimum absolute atomic E-state index is 0.0170. The number of aliphatic hydroxyl groups excluding tert-OH is 1. The maximum Gasteiger partial charge on any atom is 0.323 e. The van der Waals surface area contributed by atoms with Crippen LogP contribution < -0.4 is 15.4 Å². The van der Waals surface area contributed by atoms with Crippen LogP contribution in [-0.4, -0.2) is 73.6 Å². The zero-order valence-electron chi connectivity index (χ0n) is 23.6. The van der Waals surface area contributed by atoms with Crippen LogP contribution in [0.1, 0.15) is 29.8 Å². The number of nitrogens with zero attached hydrogens (tertiary/aromatic N) is 2. The normalized spacial score (nSPS) is 18.1. The lowest BCUT2D eigenvalue weighted by Gasteiger charge is -2.38. The second-order valence-electron chi connectivity index (χ2n) is 10.3. The molecule has 0 aliphatic carbocycles. The quantitative estimate of drug-likeness (QED) is 0.367. The molecule has 1 heterocycles. The Balaban J connectivity index is 1.68. The van der Waals surface area contributed by atoms with Crippen molar-refractivity contribution in [2.45, 2.75) is 37.8 Å². The molecule has 0 saturated carbocycles. The summed E-state index contributed by atoms with van der Waals surface area (Å²) in [6.07, 6.45) is -0.694. The van der Waals surface area contributed by atoms with Gasteiger partial charge in [-0.2, -0.15) is 4.31 Å². The van der Waals surface area contributed by atoms with E-state index >= 15 is 0 Å². The van der Waals surface area contributed by atoms with Gasteiger partial charge in [0, 0.05) is 25.2 Å². The summed E-state index contributed by atoms with van der Waals surface area (Å²) < 4.78 is 34.4. The molecule has 0 aromatic heterocycles. The Morgan fingerprint density at radius 2 is 1.76 bits per heavy atom. The molecule has 0 fully saturated rings. The number of aliphatic hydroxyl groups is 1. The highest BCUT2D eigenvalue weighted by molar-refractivity contribution is 7.89. The highest BCUT2D eigenvalue weighted by Crippen LogP contribution is 2.35. The summed E-state index contributed by atoms with van der Waals surface area (Å²) in [5, 5.41) is 15.4. The third-order valence-corrected chi connectivity index (χ3v) is 8.97. The summed E-state index contributed by atoms with van der Waals surface area (Å²) in [6.45, 7) is 5.45. The van der Waals surface area contributed by atoms with E-state index in [0.717, 1.165) is 5.56 Å². The molecule has 3 aromatic carbocycles. The molecular formula is C30H36N4O6S. The standard InChI is InChI=1S/C30H36N4O6S/c1-20-13-15-24(16-14-20)41(38,39)33(4)18-27-21(2)17-34(22(3)19-35)29(36)25-11-8-12-26(28(25)40-27)32-30(37)31-23-9-6-5-7-10-23/h5-16,21-22,27,35H,17-19H2,1-4H3,(H2,31,32,37)/t21-,22-,27-/m0/s1. The van der Waals surface area contributed by atoms with Crippen molar-refractivity contribution < 1.29 is 27.9 Å². The highest BCUT2D eigenvalue weighted by Gasteiger charge is 2.36. The molecule has 41 heavy (non-hydrogen) atoms. The number of urea groups is 1. The van der Waals surface area contributed by atoms with Crippen molar-refractivity contribution in [2.24, 2.45) is 5.92 Å². The Labute approximate surface area is 241 Å². The van der Waals surface area contributed by atoms with Gasteiger partial charge in [0.25, 0.3) is 5.91 Å². The van der Waals surface area contributed by atoms with E-state index in [0.29, 0.717) is 5.69 Å². The van der Waals surface area contributed by atoms with E-state index in [4.69, 9.17) is 4.74 Å². The lowest BCUT2D eigenvalue weighted by Crippen LogP contribution is -2.50. The zero-order valence-corrected chi connectivity index (χ0v) is 24.4. The molecule has 0 unspecified atom stereocenters. The van der Waals surface area contributed by atoms with E-state index in [1.54, 1.807) is 78.6 Å². The number of carbonyl (C=O) groups excluding carboxylic acids is 2. The van der Waals surface area contributed by atoms with Crippen molar-refractivity contribution in [2.75, 3.05) is 37.4 Å². The van der Waals surface area contributed by atoms with E-state index in [1.165, 1.54) is 11.4 Å². The average Bonchev–Trinajstić information content (AvgIpc) is 2.95. The van der Waals surface area contributed by atoms with Gasteiger partial charge in [0.1, 0.15) is 6.10 Å². The molecule has 4 rings (SSSR count). The number of hydrogen-bond donors (Lipinski definition) is 3. The van der Waals surface area contributed by atoms with Gasteiger partial charge in [0.2, 0.25) is 10.0 Å². The van der Waals surface area contributed by atoms with Crippen molar-refractivity contribution in [3.63, 3.8) is 0 Å². The molecule has 218 valence electrons. The SMILES string of the molecule is Cc1ccc(S(=O)(=O)N(C)C[C@@H]2Oc3c(NC(=O)Nc4ccccc4)cccc3C(=O)N([C@@H](C)CO)C[C@@H]2C)cc1. The van der Waals surface area contributed by atoms with Gasteiger partial charge < -0.3 is 25.4 Å². The third-order valence-electron chi connectivity index (χ3n) is 7.14. The predicted molar refractivity (Wildman–Crippen MR) is 158 cm³/mol. The first kappa shape index (κ1) is 30.0. The monoisotopic (exact) mass is 580 g/mol. The first-order chi connectivity index (χ1) is 19.5. The maximum atomic E-state index is 13.7. The van der Waals surface area contributed by atoms with Gasteiger partial charge >= 0.3 is 6.03 Å². The van der Waals surface area contributed by atoms with Crippen molar-refractivity contribution >= 4 is 33.3 Å². The van der Waals surface area contributed by atoms with E-state index in [2.05, 4.69) is 10.6 Å². The molecule has 10 nitrogen and oxygen atoms in total. The number of ether oxygens (including phenoxy) is 1. The fourth-order valence-electron chi connectivity index (χ4n) is 4.61. The number of fused-ring (bicyclic) bond motifs is 1. The number of para-hydroxylation sites is 2. The molecule has 3 atom stereocenters. The lowest BCUT2D eigenvalue weighted by molar-refractivity contribution is 0.0389. The molecule has 11 heteroatoms. The molecule has 1 aliphatic heterocycles. The van der Waals surface area contributed by atoms with Gasteiger partial charge in [0.15, 0.2) is 5.75 Å². The highest BCUT2D eigenvalue weighted by atomic mass is 32.2. The number of aryl methyl sites for hydroxylation is 1. The lowest BCUT2D eigenvalue weighted by atomic mass is 9.99. The van der Waals surface area contributed by atoms with E-state index < -0.39 is 28.2 Å². The first-order valence-corrected chi connectivity index (χ1v) is 14.8.